The number of ether oxygens (including phenoxy) is 1. The number of hydrogen-bond acceptors (Lipinski definition) is 5. The van der Waals surface area contributed by atoms with Crippen molar-refractivity contribution in [3.8, 4) is 5.75 Å². The number of nitrogens with zero attached hydrogens (tertiary/aromatic N) is 1. The van der Waals surface area contributed by atoms with E-state index in [0.29, 0.717) is 53.3 Å². The third-order valence-corrected chi connectivity index (χ3v) is 6.97. The highest BCUT2D eigenvalue weighted by Gasteiger charge is 2.26. The Balaban J connectivity index is 1.78. The normalized spacial score (nSPS) is 11.2. The maximum absolute atomic E-state index is 13.4. The van der Waals surface area contributed by atoms with Gasteiger partial charge in [-0.25, -0.2) is 8.42 Å². The summed E-state index contributed by atoms with van der Waals surface area (Å²) in [6.07, 6.45) is 0.515. The van der Waals surface area contributed by atoms with Crippen LogP contribution < -0.4 is 20.1 Å². The molecular weight excluding hydrogens is 469 g/mol. The molecule has 0 aliphatic rings. The number of sulfonamides is 1. The molecule has 9 heteroatoms. The molecule has 170 valence electrons. The largest absolute Gasteiger partial charge is 0.492 e. The molecule has 3 aromatic carbocycles. The number of benzene rings is 3. The molecule has 0 bridgehead atoms. The van der Waals surface area contributed by atoms with Crippen LogP contribution in [0.5, 0.6) is 5.75 Å². The van der Waals surface area contributed by atoms with Crippen molar-refractivity contribution in [3.05, 3.63) is 82.8 Å². The average molecular weight is 494 g/mol. The van der Waals surface area contributed by atoms with E-state index in [2.05, 4.69) is 5.32 Å². The molecule has 0 aliphatic heterocycles. The van der Waals surface area contributed by atoms with Gasteiger partial charge in [0.25, 0.3) is 10.0 Å². The molecule has 0 unspecified atom stereocenters. The molecule has 3 N–H and O–H groups in total. The highest BCUT2D eigenvalue weighted by atomic mass is 35.5. The van der Waals surface area contributed by atoms with E-state index >= 15 is 0 Å². The molecule has 0 aromatic heterocycles. The molecule has 32 heavy (non-hydrogen) atoms. The Morgan fingerprint density at radius 2 is 1.53 bits per heavy atom. The smallest absolute Gasteiger partial charge is 0.264 e. The van der Waals surface area contributed by atoms with Gasteiger partial charge in [-0.3, -0.25) is 4.31 Å². The maximum Gasteiger partial charge on any atom is 0.264 e. The van der Waals surface area contributed by atoms with Crippen LogP contribution in [0.4, 0.5) is 11.4 Å². The fourth-order valence-corrected chi connectivity index (χ4v) is 4.84. The van der Waals surface area contributed by atoms with E-state index in [0.717, 1.165) is 0 Å². The van der Waals surface area contributed by atoms with E-state index in [1.165, 1.54) is 16.4 Å². The molecule has 3 rings (SSSR count). The van der Waals surface area contributed by atoms with Crippen molar-refractivity contribution >= 4 is 44.6 Å². The summed E-state index contributed by atoms with van der Waals surface area (Å²) in [7, 11) is -3.81. The number of anilines is 2. The first-order valence-electron chi connectivity index (χ1n) is 10.1. The zero-order valence-electron chi connectivity index (χ0n) is 17.4. The summed E-state index contributed by atoms with van der Waals surface area (Å²) >= 11 is 11.8. The predicted molar refractivity (Wildman–Crippen MR) is 132 cm³/mol. The van der Waals surface area contributed by atoms with Gasteiger partial charge >= 0.3 is 0 Å². The van der Waals surface area contributed by atoms with Gasteiger partial charge in [0.15, 0.2) is 0 Å². The third-order valence-electron chi connectivity index (χ3n) is 4.64. The minimum atomic E-state index is -3.81. The second-order valence-electron chi connectivity index (χ2n) is 6.92. The highest BCUT2D eigenvalue weighted by molar-refractivity contribution is 7.92. The lowest BCUT2D eigenvalue weighted by Gasteiger charge is -2.27. The van der Waals surface area contributed by atoms with Crippen molar-refractivity contribution in [3.63, 3.8) is 0 Å². The number of para-hydroxylation sites is 2. The van der Waals surface area contributed by atoms with E-state index in [1.807, 2.05) is 12.1 Å². The zero-order valence-corrected chi connectivity index (χ0v) is 19.7. The molecule has 0 saturated carbocycles. The molecule has 0 radical (unpaired) electrons. The molecule has 3 aromatic rings. The summed E-state index contributed by atoms with van der Waals surface area (Å²) in [5.74, 6) is 0.708. The van der Waals surface area contributed by atoms with Gasteiger partial charge in [-0.05, 0) is 73.6 Å². The third kappa shape index (κ3) is 6.29. The van der Waals surface area contributed by atoms with Crippen LogP contribution in [0.15, 0.2) is 77.7 Å². The quantitative estimate of drug-likeness (QED) is 0.366. The van der Waals surface area contributed by atoms with Crippen molar-refractivity contribution in [1.82, 2.24) is 0 Å². The van der Waals surface area contributed by atoms with E-state index in [-0.39, 0.29) is 11.4 Å². The van der Waals surface area contributed by atoms with Crippen molar-refractivity contribution < 1.29 is 13.2 Å². The molecular formula is C23H25Cl2N3O3S. The van der Waals surface area contributed by atoms with Gasteiger partial charge in [-0.15, -0.1) is 0 Å². The van der Waals surface area contributed by atoms with Crippen LogP contribution in [0, 0.1) is 0 Å². The number of rotatable bonds is 11. The molecule has 0 aliphatic carbocycles. The van der Waals surface area contributed by atoms with Gasteiger partial charge in [0.1, 0.15) is 12.4 Å². The predicted octanol–water partition coefficient (Wildman–Crippen LogP) is 5.03. The number of nitrogens with one attached hydrogen (secondary N) is 1. The van der Waals surface area contributed by atoms with Crippen molar-refractivity contribution in [2.75, 3.05) is 35.9 Å². The van der Waals surface area contributed by atoms with Crippen LogP contribution in [0.25, 0.3) is 0 Å². The van der Waals surface area contributed by atoms with E-state index in [9.17, 15) is 8.42 Å². The maximum atomic E-state index is 13.4. The first kappa shape index (κ1) is 24.2. The van der Waals surface area contributed by atoms with Crippen LogP contribution in [0.1, 0.15) is 6.42 Å². The second-order valence-corrected chi connectivity index (χ2v) is 9.65. The van der Waals surface area contributed by atoms with Gasteiger partial charge in [0, 0.05) is 23.1 Å². The number of hydrogen-bond donors (Lipinski definition) is 2. The lowest BCUT2D eigenvalue weighted by atomic mass is 10.2. The Labute approximate surface area is 199 Å². The number of halogens is 2. The zero-order chi connectivity index (χ0) is 23.0. The summed E-state index contributed by atoms with van der Waals surface area (Å²) in [5, 5.41) is 4.39. The monoisotopic (exact) mass is 493 g/mol. The first-order chi connectivity index (χ1) is 15.4. The number of nitrogens with two attached hydrogens (primary N) is 1. The van der Waals surface area contributed by atoms with Crippen molar-refractivity contribution in [1.29, 1.82) is 0 Å². The fraction of sp³-hybridized carbons (Fsp3) is 0.217. The minimum absolute atomic E-state index is 0.166. The minimum Gasteiger partial charge on any atom is -0.492 e. The Bertz CT molecular complexity index is 1110. The Hall–Kier alpha value is -2.45. The Morgan fingerprint density at radius 3 is 2.19 bits per heavy atom. The fourth-order valence-electron chi connectivity index (χ4n) is 3.06. The average Bonchev–Trinajstić information content (AvgIpc) is 2.79. The van der Waals surface area contributed by atoms with Crippen LogP contribution in [0.3, 0.4) is 0 Å². The Morgan fingerprint density at radius 1 is 0.906 bits per heavy atom. The van der Waals surface area contributed by atoms with Crippen LogP contribution >= 0.6 is 23.2 Å². The van der Waals surface area contributed by atoms with Gasteiger partial charge in [0.2, 0.25) is 0 Å². The molecule has 0 spiro atoms. The van der Waals surface area contributed by atoms with Crippen LogP contribution in [0.2, 0.25) is 10.0 Å². The summed E-state index contributed by atoms with van der Waals surface area (Å²) in [6, 6.07) is 20.5. The molecule has 6 nitrogen and oxygen atoms in total. The van der Waals surface area contributed by atoms with E-state index < -0.39 is 10.0 Å². The lowest BCUT2D eigenvalue weighted by Crippen LogP contribution is -2.33. The highest BCUT2D eigenvalue weighted by Crippen LogP contribution is 2.31. The van der Waals surface area contributed by atoms with Gasteiger partial charge in [-0.1, -0.05) is 35.3 Å². The van der Waals surface area contributed by atoms with Crippen molar-refractivity contribution in [2.24, 2.45) is 5.73 Å². The SMILES string of the molecule is NCCCN(c1ccccc1NCCOc1ccc(Cl)cc1)S(=O)(=O)c1ccc(Cl)cc1. The molecule has 0 heterocycles. The summed E-state index contributed by atoms with van der Waals surface area (Å²) in [5.41, 5.74) is 6.90. The lowest BCUT2D eigenvalue weighted by molar-refractivity contribution is 0.333. The first-order valence-corrected chi connectivity index (χ1v) is 12.3. The van der Waals surface area contributed by atoms with Crippen LogP contribution in [-0.4, -0.2) is 34.7 Å². The molecule has 0 fully saturated rings. The molecule has 0 atom stereocenters. The molecule has 0 saturated heterocycles. The van der Waals surface area contributed by atoms with E-state index in [4.69, 9.17) is 33.7 Å². The Kier molecular flexibility index (Phi) is 8.64. The summed E-state index contributed by atoms with van der Waals surface area (Å²) < 4.78 is 33.9. The summed E-state index contributed by atoms with van der Waals surface area (Å²) in [4.78, 5) is 0.166. The summed E-state index contributed by atoms with van der Waals surface area (Å²) in [6.45, 7) is 1.49. The topological polar surface area (TPSA) is 84.7 Å². The van der Waals surface area contributed by atoms with Crippen LogP contribution in [-0.2, 0) is 10.0 Å². The van der Waals surface area contributed by atoms with E-state index in [1.54, 1.807) is 48.5 Å². The standard InChI is InChI=1S/C23H25Cl2N3O3S/c24-18-6-10-20(11-7-18)31-17-15-27-22-4-1-2-5-23(22)28(16-3-14-26)32(29,30)21-12-8-19(25)9-13-21/h1-2,4-13,27H,3,14-17,26H2. The van der Waals surface area contributed by atoms with Gasteiger partial charge in [-0.2, -0.15) is 0 Å². The van der Waals surface area contributed by atoms with Gasteiger partial charge in [0.05, 0.1) is 16.3 Å². The molecule has 0 amide bonds. The van der Waals surface area contributed by atoms with Crippen molar-refractivity contribution in [2.45, 2.75) is 11.3 Å². The second kappa shape index (κ2) is 11.4. The van der Waals surface area contributed by atoms with Gasteiger partial charge < -0.3 is 15.8 Å².